The fraction of sp³-hybridized carbons (Fsp3) is 0.875. The Morgan fingerprint density at radius 3 is 2.42 bits per heavy atom. The zero-order valence-electron chi connectivity index (χ0n) is 7.38. The molecule has 4 N–H and O–H groups in total. The van der Waals surface area contributed by atoms with Crippen LogP contribution in [0.1, 0.15) is 32.6 Å². The van der Waals surface area contributed by atoms with Crippen LogP contribution in [0.2, 0.25) is 0 Å². The van der Waals surface area contributed by atoms with E-state index in [0.717, 1.165) is 12.8 Å². The molecular weight excluding hydrogens is 156 g/mol. The predicted octanol–water partition coefficient (Wildman–Crippen LogP) is 0.106. The number of esters is 1. The summed E-state index contributed by atoms with van der Waals surface area (Å²) in [6.07, 6.45) is 3.02. The van der Waals surface area contributed by atoms with Crippen molar-refractivity contribution in [3.05, 3.63) is 0 Å². The van der Waals surface area contributed by atoms with Gasteiger partial charge in [0, 0.05) is 25.8 Å². The molecule has 0 bridgehead atoms. The van der Waals surface area contributed by atoms with Gasteiger partial charge in [-0.3, -0.25) is 10.5 Å². The Morgan fingerprint density at radius 2 is 2.00 bits per heavy atom. The van der Waals surface area contributed by atoms with Crippen LogP contribution in [-0.2, 0) is 9.53 Å². The SMILES string of the molecule is CC(=O)OC1(N)CCC(N)CC1. The third-order valence-corrected chi connectivity index (χ3v) is 2.22. The average Bonchev–Trinajstić information content (AvgIpc) is 1.94. The van der Waals surface area contributed by atoms with Crippen molar-refractivity contribution in [2.24, 2.45) is 11.5 Å². The van der Waals surface area contributed by atoms with Crippen LogP contribution in [-0.4, -0.2) is 17.7 Å². The van der Waals surface area contributed by atoms with Crippen molar-refractivity contribution < 1.29 is 9.53 Å². The first kappa shape index (κ1) is 9.48. The number of rotatable bonds is 1. The second-order valence-electron chi connectivity index (χ2n) is 3.50. The van der Waals surface area contributed by atoms with Gasteiger partial charge in [0.05, 0.1) is 0 Å². The van der Waals surface area contributed by atoms with E-state index < -0.39 is 5.72 Å². The molecule has 0 aromatic rings. The van der Waals surface area contributed by atoms with Crippen LogP contribution in [0, 0.1) is 0 Å². The van der Waals surface area contributed by atoms with Gasteiger partial charge in [-0.15, -0.1) is 0 Å². The Labute approximate surface area is 72.2 Å². The van der Waals surface area contributed by atoms with Gasteiger partial charge >= 0.3 is 5.97 Å². The maximum absolute atomic E-state index is 10.7. The van der Waals surface area contributed by atoms with Gasteiger partial charge in [-0.2, -0.15) is 0 Å². The molecule has 1 rings (SSSR count). The molecule has 0 radical (unpaired) electrons. The van der Waals surface area contributed by atoms with E-state index in [1.807, 2.05) is 0 Å². The molecule has 4 nitrogen and oxygen atoms in total. The minimum Gasteiger partial charge on any atom is -0.444 e. The van der Waals surface area contributed by atoms with Gasteiger partial charge in [0.15, 0.2) is 5.72 Å². The molecule has 0 atom stereocenters. The highest BCUT2D eigenvalue weighted by Crippen LogP contribution is 2.26. The highest BCUT2D eigenvalue weighted by molar-refractivity contribution is 5.66. The van der Waals surface area contributed by atoms with Gasteiger partial charge < -0.3 is 10.5 Å². The lowest BCUT2D eigenvalue weighted by Gasteiger charge is -2.34. The van der Waals surface area contributed by atoms with Crippen molar-refractivity contribution in [1.29, 1.82) is 0 Å². The minimum atomic E-state index is -0.748. The summed E-state index contributed by atoms with van der Waals surface area (Å²) in [7, 11) is 0. The van der Waals surface area contributed by atoms with Crippen LogP contribution in [0.5, 0.6) is 0 Å². The number of nitrogens with two attached hydrogens (primary N) is 2. The largest absolute Gasteiger partial charge is 0.444 e. The maximum atomic E-state index is 10.7. The molecule has 0 unspecified atom stereocenters. The van der Waals surface area contributed by atoms with Crippen LogP contribution >= 0.6 is 0 Å². The zero-order valence-corrected chi connectivity index (χ0v) is 7.38. The first-order chi connectivity index (χ1) is 5.52. The highest BCUT2D eigenvalue weighted by atomic mass is 16.6. The topological polar surface area (TPSA) is 78.3 Å². The van der Waals surface area contributed by atoms with Gasteiger partial charge in [0.2, 0.25) is 0 Å². The summed E-state index contributed by atoms with van der Waals surface area (Å²) in [6.45, 7) is 1.38. The summed E-state index contributed by atoms with van der Waals surface area (Å²) in [5, 5.41) is 0. The molecular formula is C8H16N2O2. The summed E-state index contributed by atoms with van der Waals surface area (Å²) >= 11 is 0. The van der Waals surface area contributed by atoms with Crippen molar-refractivity contribution in [2.75, 3.05) is 0 Å². The Kier molecular flexibility index (Phi) is 2.69. The normalized spacial score (nSPS) is 36.1. The fourth-order valence-corrected chi connectivity index (χ4v) is 1.52. The molecule has 4 heteroatoms. The summed E-state index contributed by atoms with van der Waals surface area (Å²) in [5.41, 5.74) is 10.8. The Balaban J connectivity index is 2.44. The van der Waals surface area contributed by atoms with Crippen molar-refractivity contribution in [3.63, 3.8) is 0 Å². The van der Waals surface area contributed by atoms with Gasteiger partial charge in [-0.05, 0) is 12.8 Å². The van der Waals surface area contributed by atoms with Gasteiger partial charge in [0.25, 0.3) is 0 Å². The summed E-state index contributed by atoms with van der Waals surface area (Å²) in [4.78, 5) is 10.7. The van der Waals surface area contributed by atoms with Crippen molar-refractivity contribution in [2.45, 2.75) is 44.4 Å². The maximum Gasteiger partial charge on any atom is 0.304 e. The molecule has 0 saturated heterocycles. The second-order valence-corrected chi connectivity index (χ2v) is 3.50. The molecule has 70 valence electrons. The molecule has 0 spiro atoms. The quantitative estimate of drug-likeness (QED) is 0.434. The van der Waals surface area contributed by atoms with Crippen LogP contribution in [0.4, 0.5) is 0 Å². The van der Waals surface area contributed by atoms with E-state index in [-0.39, 0.29) is 12.0 Å². The van der Waals surface area contributed by atoms with Crippen molar-refractivity contribution in [3.8, 4) is 0 Å². The number of carbonyl (C=O) groups is 1. The molecule has 0 aliphatic heterocycles. The van der Waals surface area contributed by atoms with Gasteiger partial charge in [-0.25, -0.2) is 0 Å². The lowest BCUT2D eigenvalue weighted by Crippen LogP contribution is -2.49. The number of hydrogen-bond donors (Lipinski definition) is 2. The van der Waals surface area contributed by atoms with E-state index in [9.17, 15) is 4.79 Å². The smallest absolute Gasteiger partial charge is 0.304 e. The monoisotopic (exact) mass is 172 g/mol. The molecule has 0 aromatic heterocycles. The summed E-state index contributed by atoms with van der Waals surface area (Å²) < 4.78 is 5.01. The first-order valence-corrected chi connectivity index (χ1v) is 4.26. The Hall–Kier alpha value is -0.610. The average molecular weight is 172 g/mol. The second kappa shape index (κ2) is 3.41. The highest BCUT2D eigenvalue weighted by Gasteiger charge is 2.32. The standard InChI is InChI=1S/C8H16N2O2/c1-6(11)12-8(10)4-2-7(9)3-5-8/h7H,2-5,9-10H2,1H3. The number of hydrogen-bond acceptors (Lipinski definition) is 4. The summed E-state index contributed by atoms with van der Waals surface area (Å²) in [5.74, 6) is -0.312. The van der Waals surface area contributed by atoms with E-state index >= 15 is 0 Å². The summed E-state index contributed by atoms with van der Waals surface area (Å²) in [6, 6.07) is 0.220. The van der Waals surface area contributed by atoms with E-state index in [0.29, 0.717) is 12.8 Å². The van der Waals surface area contributed by atoms with E-state index in [1.54, 1.807) is 0 Å². The van der Waals surface area contributed by atoms with E-state index in [4.69, 9.17) is 16.2 Å². The van der Waals surface area contributed by atoms with E-state index in [1.165, 1.54) is 6.92 Å². The molecule has 1 saturated carbocycles. The lowest BCUT2D eigenvalue weighted by atomic mass is 9.89. The van der Waals surface area contributed by atoms with Crippen molar-refractivity contribution >= 4 is 5.97 Å². The number of carbonyl (C=O) groups excluding carboxylic acids is 1. The van der Waals surface area contributed by atoms with Crippen LogP contribution in [0.3, 0.4) is 0 Å². The van der Waals surface area contributed by atoms with Crippen LogP contribution < -0.4 is 11.5 Å². The minimum absolute atomic E-state index is 0.220. The van der Waals surface area contributed by atoms with Gasteiger partial charge in [0.1, 0.15) is 0 Å². The van der Waals surface area contributed by atoms with Crippen molar-refractivity contribution in [1.82, 2.24) is 0 Å². The zero-order chi connectivity index (χ0) is 9.19. The predicted molar refractivity (Wildman–Crippen MR) is 45.1 cm³/mol. The van der Waals surface area contributed by atoms with E-state index in [2.05, 4.69) is 0 Å². The molecule has 1 aliphatic rings. The molecule has 0 amide bonds. The Bertz CT molecular complexity index is 174. The first-order valence-electron chi connectivity index (χ1n) is 4.26. The van der Waals surface area contributed by atoms with Gasteiger partial charge in [-0.1, -0.05) is 0 Å². The third-order valence-electron chi connectivity index (χ3n) is 2.22. The fourth-order valence-electron chi connectivity index (χ4n) is 1.52. The molecule has 12 heavy (non-hydrogen) atoms. The number of ether oxygens (including phenoxy) is 1. The molecule has 1 fully saturated rings. The lowest BCUT2D eigenvalue weighted by molar-refractivity contribution is -0.160. The molecule has 0 aromatic carbocycles. The molecule has 0 heterocycles. The van der Waals surface area contributed by atoms with Crippen LogP contribution in [0.25, 0.3) is 0 Å². The third kappa shape index (κ3) is 2.46. The van der Waals surface area contributed by atoms with Crippen LogP contribution in [0.15, 0.2) is 0 Å². The Morgan fingerprint density at radius 1 is 1.50 bits per heavy atom. The molecule has 1 aliphatic carbocycles.